The number of hydrogen-bond acceptors (Lipinski definition) is 5. The maximum Gasteiger partial charge on any atom is 0.220 e. The van der Waals surface area contributed by atoms with Gasteiger partial charge in [0.05, 0.1) is 14.2 Å². The molecule has 0 spiro atoms. The lowest BCUT2D eigenvalue weighted by molar-refractivity contribution is -0.121. The van der Waals surface area contributed by atoms with Gasteiger partial charge in [0, 0.05) is 31.9 Å². The molecule has 27 heavy (non-hydrogen) atoms. The number of aromatic nitrogens is 2. The molecule has 0 aliphatic carbocycles. The van der Waals surface area contributed by atoms with Gasteiger partial charge in [-0.25, -0.2) is 4.98 Å². The second-order valence-electron chi connectivity index (χ2n) is 5.75. The summed E-state index contributed by atoms with van der Waals surface area (Å²) in [4.78, 5) is 16.8. The number of imidazole rings is 1. The fraction of sp³-hybridized carbons (Fsp3) is 0.444. The molecular weight excluding hydrogens is 391 g/mol. The quantitative estimate of drug-likeness (QED) is 0.611. The Kier molecular flexibility index (Phi) is 11.5. The van der Waals surface area contributed by atoms with Gasteiger partial charge in [0.15, 0.2) is 0 Å². The Labute approximate surface area is 172 Å². The number of carbonyl (C=O) groups is 1. The Bertz CT molecular complexity index is 687. The van der Waals surface area contributed by atoms with Crippen LogP contribution in [0.25, 0.3) is 0 Å². The van der Waals surface area contributed by atoms with Gasteiger partial charge in [-0.15, -0.1) is 24.8 Å². The number of halogens is 2. The Morgan fingerprint density at radius 2 is 1.81 bits per heavy atom. The molecule has 0 fully saturated rings. The van der Waals surface area contributed by atoms with Crippen molar-refractivity contribution in [2.75, 3.05) is 27.8 Å². The second kappa shape index (κ2) is 12.4. The van der Waals surface area contributed by atoms with Gasteiger partial charge >= 0.3 is 0 Å². The van der Waals surface area contributed by atoms with Gasteiger partial charge in [0.1, 0.15) is 23.4 Å². The van der Waals surface area contributed by atoms with Crippen molar-refractivity contribution in [1.82, 2.24) is 20.2 Å². The van der Waals surface area contributed by atoms with Crippen LogP contribution in [0.3, 0.4) is 0 Å². The van der Waals surface area contributed by atoms with E-state index in [9.17, 15) is 4.79 Å². The summed E-state index contributed by atoms with van der Waals surface area (Å²) in [6, 6.07) is 5.19. The zero-order chi connectivity index (χ0) is 18.2. The van der Waals surface area contributed by atoms with E-state index in [0.29, 0.717) is 17.9 Å². The van der Waals surface area contributed by atoms with E-state index in [1.54, 1.807) is 26.5 Å². The molecule has 1 unspecified atom stereocenters. The molecule has 1 atom stereocenters. The molecule has 0 bridgehead atoms. The van der Waals surface area contributed by atoms with E-state index >= 15 is 0 Å². The lowest BCUT2D eigenvalue weighted by atomic mass is 10.0. The molecule has 0 radical (unpaired) electrons. The summed E-state index contributed by atoms with van der Waals surface area (Å²) in [6.45, 7) is 0.799. The largest absolute Gasteiger partial charge is 0.497 e. The Balaban J connectivity index is 0.00000338. The van der Waals surface area contributed by atoms with E-state index in [-0.39, 0.29) is 36.8 Å². The predicted molar refractivity (Wildman–Crippen MR) is 110 cm³/mol. The van der Waals surface area contributed by atoms with Crippen molar-refractivity contribution in [3.8, 4) is 11.5 Å². The van der Waals surface area contributed by atoms with E-state index < -0.39 is 0 Å². The molecule has 1 amide bonds. The molecule has 2 rings (SSSR count). The maximum atomic E-state index is 12.4. The highest BCUT2D eigenvalue weighted by Crippen LogP contribution is 2.29. The van der Waals surface area contributed by atoms with Crippen LogP contribution in [0.15, 0.2) is 30.6 Å². The number of nitrogens with one attached hydrogen (secondary N) is 2. The highest BCUT2D eigenvalue weighted by atomic mass is 35.5. The molecule has 1 heterocycles. The molecule has 2 N–H and O–H groups in total. The van der Waals surface area contributed by atoms with Crippen molar-refractivity contribution in [3.05, 3.63) is 42.0 Å². The molecule has 9 heteroatoms. The summed E-state index contributed by atoms with van der Waals surface area (Å²) in [7, 11) is 6.98. The summed E-state index contributed by atoms with van der Waals surface area (Å²) in [5.74, 6) is 2.05. The third kappa shape index (κ3) is 6.93. The molecule has 7 nitrogen and oxygen atoms in total. The van der Waals surface area contributed by atoms with Crippen molar-refractivity contribution in [2.24, 2.45) is 7.05 Å². The molecule has 0 saturated carbocycles. The van der Waals surface area contributed by atoms with Gasteiger partial charge in [0.2, 0.25) is 5.91 Å². The Hall–Kier alpha value is -1.96. The van der Waals surface area contributed by atoms with Crippen molar-refractivity contribution >= 4 is 30.7 Å². The van der Waals surface area contributed by atoms with Crippen LogP contribution in [0.5, 0.6) is 11.5 Å². The van der Waals surface area contributed by atoms with Gasteiger partial charge in [-0.2, -0.15) is 0 Å². The molecular formula is C18H28Cl2N4O3. The summed E-state index contributed by atoms with van der Waals surface area (Å²) in [5, 5.41) is 6.12. The lowest BCUT2D eigenvalue weighted by Crippen LogP contribution is -2.31. The van der Waals surface area contributed by atoms with E-state index in [1.165, 1.54) is 0 Å². The van der Waals surface area contributed by atoms with Crippen LogP contribution in [-0.2, 0) is 11.8 Å². The molecule has 2 aromatic rings. The van der Waals surface area contributed by atoms with E-state index in [1.807, 2.05) is 37.0 Å². The molecule has 0 aliphatic rings. The second-order valence-corrected chi connectivity index (χ2v) is 5.75. The fourth-order valence-corrected chi connectivity index (χ4v) is 2.61. The van der Waals surface area contributed by atoms with E-state index in [0.717, 1.165) is 24.4 Å². The van der Waals surface area contributed by atoms with Crippen LogP contribution in [0.1, 0.15) is 30.3 Å². The van der Waals surface area contributed by atoms with Gasteiger partial charge in [-0.1, -0.05) is 0 Å². The minimum atomic E-state index is -0.383. The highest BCUT2D eigenvalue weighted by molar-refractivity contribution is 5.85. The topological polar surface area (TPSA) is 77.4 Å². The van der Waals surface area contributed by atoms with Crippen LogP contribution < -0.4 is 20.1 Å². The first-order valence-corrected chi connectivity index (χ1v) is 8.23. The average Bonchev–Trinajstić information content (AvgIpc) is 3.05. The predicted octanol–water partition coefficient (Wildman–Crippen LogP) is 2.49. The lowest BCUT2D eigenvalue weighted by Gasteiger charge is -2.20. The van der Waals surface area contributed by atoms with Crippen LogP contribution in [0, 0.1) is 0 Å². The number of rotatable bonds is 9. The molecule has 152 valence electrons. The molecule has 1 aromatic heterocycles. The third-order valence-corrected chi connectivity index (χ3v) is 3.96. The Morgan fingerprint density at radius 1 is 1.19 bits per heavy atom. The first kappa shape index (κ1) is 25.0. The minimum Gasteiger partial charge on any atom is -0.497 e. The molecule has 0 saturated heterocycles. The number of methoxy groups -OCH3 is 2. The van der Waals surface area contributed by atoms with Crippen molar-refractivity contribution in [2.45, 2.75) is 18.9 Å². The monoisotopic (exact) mass is 418 g/mol. The number of hydrogen-bond donors (Lipinski definition) is 2. The van der Waals surface area contributed by atoms with Crippen LogP contribution >= 0.6 is 24.8 Å². The van der Waals surface area contributed by atoms with Gasteiger partial charge in [-0.3, -0.25) is 4.79 Å². The smallest absolute Gasteiger partial charge is 0.220 e. The Morgan fingerprint density at radius 3 is 2.30 bits per heavy atom. The standard InChI is InChI=1S/C18H26N4O3.2ClH/c1-19-7-5-6-16(23)21-17(18-20-8-9-22(18)2)13-10-14(24-3)12-15(11-13)25-4;;/h8-12,17,19H,5-7H2,1-4H3,(H,21,23);2*1H. The number of aryl methyl sites for hydroxylation is 1. The first-order chi connectivity index (χ1) is 12.1. The van der Waals surface area contributed by atoms with Crippen molar-refractivity contribution in [1.29, 1.82) is 0 Å². The normalized spacial score (nSPS) is 11.0. The summed E-state index contributed by atoms with van der Waals surface area (Å²) < 4.78 is 12.6. The molecule has 1 aromatic carbocycles. The zero-order valence-corrected chi connectivity index (χ0v) is 17.7. The van der Waals surface area contributed by atoms with Crippen LogP contribution in [-0.4, -0.2) is 43.3 Å². The number of nitrogens with zero attached hydrogens (tertiary/aromatic N) is 2. The fourth-order valence-electron chi connectivity index (χ4n) is 2.61. The van der Waals surface area contributed by atoms with Gasteiger partial charge in [-0.05, 0) is 37.7 Å². The SMILES string of the molecule is CNCCCC(=O)NC(c1cc(OC)cc(OC)c1)c1nccn1C.Cl.Cl. The summed E-state index contributed by atoms with van der Waals surface area (Å²) in [6.07, 6.45) is 4.79. The molecule has 0 aliphatic heterocycles. The van der Waals surface area contributed by atoms with Gasteiger partial charge < -0.3 is 24.7 Å². The maximum absolute atomic E-state index is 12.4. The third-order valence-electron chi connectivity index (χ3n) is 3.96. The van der Waals surface area contributed by atoms with Gasteiger partial charge in [0.25, 0.3) is 0 Å². The van der Waals surface area contributed by atoms with E-state index in [2.05, 4.69) is 15.6 Å². The average molecular weight is 419 g/mol. The number of ether oxygens (including phenoxy) is 2. The zero-order valence-electron chi connectivity index (χ0n) is 16.0. The summed E-state index contributed by atoms with van der Waals surface area (Å²) in [5.41, 5.74) is 0.854. The van der Waals surface area contributed by atoms with Crippen LogP contribution in [0.2, 0.25) is 0 Å². The van der Waals surface area contributed by atoms with Crippen LogP contribution in [0.4, 0.5) is 0 Å². The minimum absolute atomic E-state index is 0. The van der Waals surface area contributed by atoms with Crippen molar-refractivity contribution in [3.63, 3.8) is 0 Å². The number of benzene rings is 1. The number of carbonyl (C=O) groups excluding carboxylic acids is 1. The van der Waals surface area contributed by atoms with Crippen molar-refractivity contribution < 1.29 is 14.3 Å². The number of amides is 1. The first-order valence-electron chi connectivity index (χ1n) is 8.23. The van der Waals surface area contributed by atoms with E-state index in [4.69, 9.17) is 9.47 Å². The summed E-state index contributed by atoms with van der Waals surface area (Å²) >= 11 is 0. The highest BCUT2D eigenvalue weighted by Gasteiger charge is 2.22.